The number of nitrogen functional groups attached to an aromatic ring is 1. The number of fused-ring (bicyclic) bond motifs is 1. The Hall–Kier alpha value is -3.66. The predicted molar refractivity (Wildman–Crippen MR) is 134 cm³/mol. The second-order valence-electron chi connectivity index (χ2n) is 7.56. The number of nitrogens with two attached hydrogens (primary N) is 1. The van der Waals surface area contributed by atoms with Crippen LogP contribution in [0.1, 0.15) is 17.4 Å². The van der Waals surface area contributed by atoms with E-state index in [0.29, 0.717) is 5.56 Å². The number of esters is 1. The molecule has 4 rings (SSSR count). The summed E-state index contributed by atoms with van der Waals surface area (Å²) in [6.45, 7) is -0.447. The van der Waals surface area contributed by atoms with Gasteiger partial charge in [-0.3, -0.25) is 14.5 Å². The maximum absolute atomic E-state index is 12.8. The first-order chi connectivity index (χ1) is 17.2. The van der Waals surface area contributed by atoms with E-state index in [1.54, 1.807) is 30.3 Å². The molecule has 2 aliphatic heterocycles. The van der Waals surface area contributed by atoms with E-state index in [2.05, 4.69) is 15.5 Å². The van der Waals surface area contributed by atoms with E-state index in [9.17, 15) is 34.6 Å². The molecule has 3 atom stereocenters. The van der Waals surface area contributed by atoms with Crippen LogP contribution >= 0.6 is 35.5 Å². The van der Waals surface area contributed by atoms with Gasteiger partial charge in [-0.05, 0) is 5.56 Å². The number of carboxylic acids is 1. The third-order valence-electron chi connectivity index (χ3n) is 5.34. The molecule has 16 heteroatoms. The van der Waals surface area contributed by atoms with Gasteiger partial charge in [0.2, 0.25) is 0 Å². The zero-order valence-electron chi connectivity index (χ0n) is 18.6. The molecule has 6 N–H and O–H groups in total. The lowest BCUT2D eigenvalue weighted by Gasteiger charge is -2.49. The number of hydrogen-bond donors (Lipinski definition) is 5. The zero-order chi connectivity index (χ0) is 26.0. The number of anilines is 1. The number of aliphatic carboxylic acids is 1. The van der Waals surface area contributed by atoms with E-state index >= 15 is 0 Å². The Morgan fingerprint density at radius 3 is 2.59 bits per heavy atom. The molecule has 3 heterocycles. The van der Waals surface area contributed by atoms with Gasteiger partial charge in [-0.1, -0.05) is 35.5 Å². The lowest BCUT2D eigenvalue weighted by molar-refractivity contribution is -0.153. The van der Waals surface area contributed by atoms with Crippen LogP contribution in [0.3, 0.4) is 0 Å². The first-order valence-electron chi connectivity index (χ1n) is 10.3. The van der Waals surface area contributed by atoms with E-state index in [0.717, 1.165) is 28.0 Å². The summed E-state index contributed by atoms with van der Waals surface area (Å²) < 4.78 is 5.12. The van der Waals surface area contributed by atoms with E-state index in [4.69, 9.17) is 10.5 Å². The van der Waals surface area contributed by atoms with Crippen LogP contribution in [-0.4, -0.2) is 78.5 Å². The number of aromatic nitrogens is 1. The van der Waals surface area contributed by atoms with Crippen molar-refractivity contribution in [2.24, 2.45) is 5.16 Å². The molecule has 0 radical (unpaired) electrons. The van der Waals surface area contributed by atoms with Gasteiger partial charge in [-0.2, -0.15) is 0 Å². The van der Waals surface area contributed by atoms with Crippen LogP contribution in [-0.2, 0) is 23.9 Å². The number of β-lactam (4-membered cyclic amide) rings is 1. The van der Waals surface area contributed by atoms with Gasteiger partial charge in [-0.25, -0.2) is 14.6 Å². The molecule has 2 aliphatic rings. The Morgan fingerprint density at radius 1 is 1.30 bits per heavy atom. The van der Waals surface area contributed by atoms with Crippen molar-refractivity contribution in [3.63, 3.8) is 0 Å². The van der Waals surface area contributed by atoms with Gasteiger partial charge in [0, 0.05) is 16.7 Å². The summed E-state index contributed by atoms with van der Waals surface area (Å²) in [5.74, 6) is -3.90. The monoisotopic (exact) mass is 569 g/mol. The highest BCUT2D eigenvalue weighted by atomic mass is 35.5. The van der Waals surface area contributed by atoms with E-state index < -0.39 is 53.6 Å². The summed E-state index contributed by atoms with van der Waals surface area (Å²) >= 11 is 2.18. The molecule has 13 nitrogen and oxygen atoms in total. The minimum atomic E-state index is -1.55. The summed E-state index contributed by atoms with van der Waals surface area (Å²) in [7, 11) is 0. The molecule has 1 saturated heterocycles. The molecule has 1 aromatic carbocycles. The van der Waals surface area contributed by atoms with Gasteiger partial charge in [0.1, 0.15) is 29.4 Å². The number of carbonyl (C=O) groups excluding carboxylic acids is 3. The Balaban J connectivity index is 0.00000380. The summed E-state index contributed by atoms with van der Waals surface area (Å²) in [5.41, 5.74) is 5.22. The molecule has 1 fully saturated rings. The predicted octanol–water partition coefficient (Wildman–Crippen LogP) is 0.341. The Bertz CT molecular complexity index is 1280. The fourth-order valence-electron chi connectivity index (χ4n) is 3.62. The van der Waals surface area contributed by atoms with Crippen molar-refractivity contribution < 1.29 is 39.3 Å². The van der Waals surface area contributed by atoms with Crippen molar-refractivity contribution in [1.29, 1.82) is 0 Å². The van der Waals surface area contributed by atoms with Crippen LogP contribution in [0.5, 0.6) is 0 Å². The Kier molecular flexibility index (Phi) is 8.75. The number of oxime groups is 1. The van der Waals surface area contributed by atoms with E-state index in [-0.39, 0.29) is 40.3 Å². The van der Waals surface area contributed by atoms with Crippen molar-refractivity contribution >= 4 is 70.1 Å². The van der Waals surface area contributed by atoms with Gasteiger partial charge in [0.05, 0.1) is 0 Å². The van der Waals surface area contributed by atoms with Crippen LogP contribution < -0.4 is 11.1 Å². The number of thioether (sulfide) groups is 1. The number of amides is 2. The highest BCUT2D eigenvalue weighted by Crippen LogP contribution is 2.40. The van der Waals surface area contributed by atoms with Crippen molar-refractivity contribution in [2.45, 2.75) is 17.5 Å². The van der Waals surface area contributed by atoms with Crippen molar-refractivity contribution in [1.82, 2.24) is 15.2 Å². The minimum absolute atomic E-state index is 0. The molecule has 196 valence electrons. The maximum atomic E-state index is 12.8. The molecule has 0 spiro atoms. The van der Waals surface area contributed by atoms with Crippen LogP contribution in [0, 0.1) is 0 Å². The number of carbonyl (C=O) groups is 4. The average Bonchev–Trinajstić information content (AvgIpc) is 3.31. The molecular weight excluding hydrogens is 550 g/mol. The molecule has 0 saturated carbocycles. The van der Waals surface area contributed by atoms with Crippen molar-refractivity contribution in [3.05, 3.63) is 58.2 Å². The number of rotatable bonds is 8. The number of benzene rings is 1. The standard InChI is InChI=1S/C21H19N5O8S2.ClH/c22-21-23-11(8-36-21)12(25-33)16(28)24-13-17(29)26-14(19(30)31)10(7-35-18(13)26)6-34-20(32)15(27)9-4-2-1-3-5-9;/h1-5,8,13,15,18,27,33H,6-7H2,(H2,22,23)(H,24,28)(H,30,31);1H/t13?,15?,18-;/m1./s1. The molecular formula is C21H20ClN5O8S2. The number of thiazole rings is 1. The number of aliphatic hydroxyl groups is 1. The first kappa shape index (κ1) is 27.9. The second kappa shape index (κ2) is 11.6. The summed E-state index contributed by atoms with van der Waals surface area (Å²) in [4.78, 5) is 54.4. The number of hydrogen-bond acceptors (Lipinski definition) is 12. The second-order valence-corrected chi connectivity index (χ2v) is 9.55. The van der Waals surface area contributed by atoms with Crippen molar-refractivity contribution in [3.8, 4) is 0 Å². The minimum Gasteiger partial charge on any atom is -0.477 e. The third-order valence-corrected chi connectivity index (χ3v) is 7.36. The normalized spacial score (nSPS) is 19.8. The molecule has 2 aromatic rings. The molecule has 2 amide bonds. The smallest absolute Gasteiger partial charge is 0.352 e. The summed E-state index contributed by atoms with van der Waals surface area (Å²) in [6, 6.07) is 6.99. The molecule has 2 unspecified atom stereocenters. The number of nitrogens with zero attached hydrogens (tertiary/aromatic N) is 3. The van der Waals surface area contributed by atoms with Crippen LogP contribution in [0.25, 0.3) is 0 Å². The van der Waals surface area contributed by atoms with Gasteiger partial charge >= 0.3 is 11.9 Å². The number of nitrogens with one attached hydrogen (secondary N) is 1. The average molecular weight is 570 g/mol. The van der Waals surface area contributed by atoms with Gasteiger partial charge in [-0.15, -0.1) is 35.5 Å². The number of halogens is 1. The summed E-state index contributed by atoms with van der Waals surface area (Å²) in [5, 5.41) is 35.3. The van der Waals surface area contributed by atoms with Crippen LogP contribution in [0.2, 0.25) is 0 Å². The quantitative estimate of drug-likeness (QED) is 0.0963. The zero-order valence-corrected chi connectivity index (χ0v) is 21.1. The first-order valence-corrected chi connectivity index (χ1v) is 12.2. The van der Waals surface area contributed by atoms with E-state index in [1.807, 2.05) is 0 Å². The van der Waals surface area contributed by atoms with Gasteiger partial charge < -0.3 is 31.2 Å². The highest BCUT2D eigenvalue weighted by molar-refractivity contribution is 8.00. The third kappa shape index (κ3) is 5.53. The number of aliphatic hydroxyl groups excluding tert-OH is 1. The van der Waals surface area contributed by atoms with Crippen LogP contribution in [0.4, 0.5) is 5.13 Å². The largest absolute Gasteiger partial charge is 0.477 e. The topological polar surface area (TPSA) is 205 Å². The molecule has 37 heavy (non-hydrogen) atoms. The molecule has 0 aliphatic carbocycles. The van der Waals surface area contributed by atoms with Gasteiger partial charge in [0.25, 0.3) is 11.8 Å². The van der Waals surface area contributed by atoms with Crippen LogP contribution in [0.15, 0.2) is 52.1 Å². The van der Waals surface area contributed by atoms with E-state index in [1.165, 1.54) is 5.38 Å². The molecule has 0 bridgehead atoms. The maximum Gasteiger partial charge on any atom is 0.352 e. The Morgan fingerprint density at radius 2 is 2.00 bits per heavy atom. The Labute approximate surface area is 223 Å². The summed E-state index contributed by atoms with van der Waals surface area (Å²) in [6.07, 6.45) is -1.55. The number of ether oxygens (including phenoxy) is 1. The SMILES string of the molecule is Cl.Nc1nc(C(=NO)C(=O)NC2C(=O)N3C(C(=O)O)=C(COC(=O)C(O)c4ccccc4)CS[C@H]23)cs1. The lowest BCUT2D eigenvalue weighted by Crippen LogP contribution is -2.71. The molecule has 1 aromatic heterocycles. The van der Waals surface area contributed by atoms with Crippen molar-refractivity contribution in [2.75, 3.05) is 18.1 Å². The highest BCUT2D eigenvalue weighted by Gasteiger charge is 2.54. The lowest BCUT2D eigenvalue weighted by atomic mass is 10.0. The van der Waals surface area contributed by atoms with Gasteiger partial charge in [0.15, 0.2) is 16.9 Å². The fraction of sp³-hybridized carbons (Fsp3) is 0.238. The number of carboxylic acid groups (broad SMARTS) is 1. The fourth-order valence-corrected chi connectivity index (χ4v) is 5.50.